The molecule has 1 saturated heterocycles. The van der Waals surface area contributed by atoms with Gasteiger partial charge >= 0.3 is 6.03 Å². The summed E-state index contributed by atoms with van der Waals surface area (Å²) >= 11 is 0. The van der Waals surface area contributed by atoms with Gasteiger partial charge in [0, 0.05) is 5.56 Å². The normalized spacial score (nSPS) is 15.5. The number of benzene rings is 2. The van der Waals surface area contributed by atoms with Crippen LogP contribution in [0.1, 0.15) is 5.76 Å². The molecular formula is C22H15FN2O5. The fourth-order valence-corrected chi connectivity index (χ4v) is 2.97. The minimum absolute atomic E-state index is 0.233. The van der Waals surface area contributed by atoms with Gasteiger partial charge in [-0.05, 0) is 66.7 Å². The van der Waals surface area contributed by atoms with E-state index < -0.39 is 17.8 Å². The van der Waals surface area contributed by atoms with Crippen molar-refractivity contribution >= 4 is 29.6 Å². The summed E-state index contributed by atoms with van der Waals surface area (Å²) in [5, 5.41) is 2.15. The van der Waals surface area contributed by atoms with Gasteiger partial charge in [0.25, 0.3) is 11.8 Å². The number of urea groups is 1. The molecule has 1 aliphatic heterocycles. The molecule has 2 heterocycles. The highest BCUT2D eigenvalue weighted by molar-refractivity contribution is 6.39. The smallest absolute Gasteiger partial charge is 0.335 e. The summed E-state index contributed by atoms with van der Waals surface area (Å²) in [5.41, 5.74) is 0.657. The molecule has 4 amide bonds. The summed E-state index contributed by atoms with van der Waals surface area (Å²) in [5.74, 6) is -0.756. The standard InChI is InChI=1S/C22H15FN2O5/c1-29-16-8-6-15(7-9-16)25-21(27)18(20(26)24-22(25)28)12-17-10-11-19(30-17)13-2-4-14(23)5-3-13/h2-12H,1H3,(H,24,26,28)/b18-12-. The number of hydrogen-bond acceptors (Lipinski definition) is 5. The van der Waals surface area contributed by atoms with Crippen molar-refractivity contribution in [1.82, 2.24) is 5.32 Å². The Kier molecular flexibility index (Phi) is 4.89. The molecule has 30 heavy (non-hydrogen) atoms. The molecule has 0 aliphatic carbocycles. The Bertz CT molecular complexity index is 1160. The first kappa shape index (κ1) is 19.1. The topological polar surface area (TPSA) is 88.8 Å². The first-order valence-electron chi connectivity index (χ1n) is 8.87. The number of methoxy groups -OCH3 is 1. The Morgan fingerprint density at radius 2 is 1.67 bits per heavy atom. The number of nitrogens with one attached hydrogen (secondary N) is 1. The van der Waals surface area contributed by atoms with E-state index in [4.69, 9.17) is 9.15 Å². The van der Waals surface area contributed by atoms with Gasteiger partial charge in [-0.15, -0.1) is 0 Å². The zero-order valence-electron chi connectivity index (χ0n) is 15.7. The van der Waals surface area contributed by atoms with E-state index in [9.17, 15) is 18.8 Å². The van der Waals surface area contributed by atoms with Crippen LogP contribution in [0.2, 0.25) is 0 Å². The molecule has 1 N–H and O–H groups in total. The minimum atomic E-state index is -0.848. The Hall–Kier alpha value is -4.20. The average Bonchev–Trinajstić information content (AvgIpc) is 3.21. The zero-order valence-corrected chi connectivity index (χ0v) is 15.7. The lowest BCUT2D eigenvalue weighted by Crippen LogP contribution is -2.54. The second-order valence-electron chi connectivity index (χ2n) is 6.36. The highest BCUT2D eigenvalue weighted by atomic mass is 19.1. The molecule has 0 atom stereocenters. The third-order valence-corrected chi connectivity index (χ3v) is 4.47. The number of imide groups is 2. The Morgan fingerprint density at radius 3 is 2.33 bits per heavy atom. The molecule has 3 aromatic rings. The lowest BCUT2D eigenvalue weighted by molar-refractivity contribution is -0.122. The number of carbonyl (C=O) groups is 3. The van der Waals surface area contributed by atoms with Gasteiger partial charge in [-0.2, -0.15) is 0 Å². The Balaban J connectivity index is 1.65. The van der Waals surface area contributed by atoms with Crippen LogP contribution in [-0.4, -0.2) is 25.0 Å². The summed E-state index contributed by atoms with van der Waals surface area (Å²) in [6.45, 7) is 0. The number of rotatable bonds is 4. The number of hydrogen-bond donors (Lipinski definition) is 1. The van der Waals surface area contributed by atoms with Crippen molar-refractivity contribution in [3.8, 4) is 17.1 Å². The van der Waals surface area contributed by atoms with Crippen LogP contribution >= 0.6 is 0 Å². The van der Waals surface area contributed by atoms with Crippen molar-refractivity contribution in [2.45, 2.75) is 0 Å². The van der Waals surface area contributed by atoms with Gasteiger partial charge < -0.3 is 9.15 Å². The summed E-state index contributed by atoms with van der Waals surface area (Å²) in [7, 11) is 1.50. The van der Waals surface area contributed by atoms with E-state index in [2.05, 4.69) is 5.32 Å². The van der Waals surface area contributed by atoms with Gasteiger partial charge in [0.05, 0.1) is 12.8 Å². The molecule has 4 rings (SSSR count). The lowest BCUT2D eigenvalue weighted by Gasteiger charge is -2.26. The van der Waals surface area contributed by atoms with Gasteiger partial charge in [0.15, 0.2) is 0 Å². The van der Waals surface area contributed by atoms with Crippen LogP contribution in [0.4, 0.5) is 14.9 Å². The SMILES string of the molecule is COc1ccc(N2C(=O)NC(=O)/C(=C/c3ccc(-c4ccc(F)cc4)o3)C2=O)cc1. The highest BCUT2D eigenvalue weighted by Crippen LogP contribution is 2.26. The fraction of sp³-hybridized carbons (Fsp3) is 0.0455. The number of anilines is 1. The van der Waals surface area contributed by atoms with E-state index in [-0.39, 0.29) is 22.8 Å². The van der Waals surface area contributed by atoms with E-state index in [1.54, 1.807) is 36.4 Å². The van der Waals surface area contributed by atoms with Gasteiger partial charge in [0.1, 0.15) is 28.7 Å². The van der Waals surface area contributed by atoms with Crippen LogP contribution in [0.5, 0.6) is 5.75 Å². The Labute approximate surface area is 170 Å². The molecule has 0 radical (unpaired) electrons. The number of ether oxygens (including phenoxy) is 1. The van der Waals surface area contributed by atoms with E-state index >= 15 is 0 Å². The van der Waals surface area contributed by atoms with E-state index in [0.717, 1.165) is 4.90 Å². The molecule has 1 fully saturated rings. The summed E-state index contributed by atoms with van der Waals surface area (Å²) in [6, 6.07) is 14.3. The van der Waals surface area contributed by atoms with Gasteiger partial charge in [0.2, 0.25) is 0 Å². The number of halogens is 1. The molecule has 0 bridgehead atoms. The van der Waals surface area contributed by atoms with Crippen LogP contribution < -0.4 is 15.0 Å². The molecule has 150 valence electrons. The summed E-state index contributed by atoms with van der Waals surface area (Å²) < 4.78 is 23.8. The number of carbonyl (C=O) groups excluding carboxylic acids is 3. The van der Waals surface area contributed by atoms with Crippen molar-refractivity contribution in [2.75, 3.05) is 12.0 Å². The largest absolute Gasteiger partial charge is 0.497 e. The van der Waals surface area contributed by atoms with Crippen LogP contribution in [0.3, 0.4) is 0 Å². The predicted molar refractivity (Wildman–Crippen MR) is 106 cm³/mol. The molecule has 8 heteroatoms. The molecule has 0 spiro atoms. The second kappa shape index (κ2) is 7.67. The zero-order chi connectivity index (χ0) is 21.3. The van der Waals surface area contributed by atoms with Crippen LogP contribution in [0, 0.1) is 5.82 Å². The maximum absolute atomic E-state index is 13.1. The first-order valence-corrected chi connectivity index (χ1v) is 8.87. The molecule has 1 aromatic heterocycles. The van der Waals surface area contributed by atoms with Crippen LogP contribution in [0.15, 0.2) is 70.7 Å². The molecule has 0 saturated carbocycles. The van der Waals surface area contributed by atoms with Crippen molar-refractivity contribution < 1.29 is 27.9 Å². The molecule has 1 aliphatic rings. The van der Waals surface area contributed by atoms with Crippen molar-refractivity contribution in [3.63, 3.8) is 0 Å². The number of nitrogens with zero attached hydrogens (tertiary/aromatic N) is 1. The average molecular weight is 406 g/mol. The molecule has 0 unspecified atom stereocenters. The third-order valence-electron chi connectivity index (χ3n) is 4.47. The Morgan fingerprint density at radius 1 is 0.967 bits per heavy atom. The number of furan rings is 1. The first-order chi connectivity index (χ1) is 14.5. The summed E-state index contributed by atoms with van der Waals surface area (Å²) in [4.78, 5) is 38.2. The number of barbiturate groups is 1. The van der Waals surface area contributed by atoms with Crippen molar-refractivity contribution in [3.05, 3.63) is 77.8 Å². The van der Waals surface area contributed by atoms with Gasteiger partial charge in [-0.25, -0.2) is 14.1 Å². The monoisotopic (exact) mass is 406 g/mol. The molecule has 2 aromatic carbocycles. The maximum Gasteiger partial charge on any atom is 0.335 e. The van der Waals surface area contributed by atoms with Crippen molar-refractivity contribution in [2.24, 2.45) is 0 Å². The lowest BCUT2D eigenvalue weighted by atomic mass is 10.1. The highest BCUT2D eigenvalue weighted by Gasteiger charge is 2.37. The van der Waals surface area contributed by atoms with Crippen LogP contribution in [-0.2, 0) is 9.59 Å². The van der Waals surface area contributed by atoms with Crippen LogP contribution in [0.25, 0.3) is 17.4 Å². The molecular weight excluding hydrogens is 391 g/mol. The van der Waals surface area contributed by atoms with E-state index in [1.807, 2.05) is 0 Å². The predicted octanol–water partition coefficient (Wildman–Crippen LogP) is 3.76. The van der Waals surface area contributed by atoms with E-state index in [0.29, 0.717) is 17.1 Å². The molecule has 7 nitrogen and oxygen atoms in total. The summed E-state index contributed by atoms with van der Waals surface area (Å²) in [6.07, 6.45) is 1.26. The quantitative estimate of drug-likeness (QED) is 0.526. The minimum Gasteiger partial charge on any atom is -0.497 e. The second-order valence-corrected chi connectivity index (χ2v) is 6.36. The van der Waals surface area contributed by atoms with Gasteiger partial charge in [-0.1, -0.05) is 0 Å². The maximum atomic E-state index is 13.1. The fourth-order valence-electron chi connectivity index (χ4n) is 2.97. The van der Waals surface area contributed by atoms with Crippen molar-refractivity contribution in [1.29, 1.82) is 0 Å². The van der Waals surface area contributed by atoms with Gasteiger partial charge in [-0.3, -0.25) is 14.9 Å². The van der Waals surface area contributed by atoms with E-state index in [1.165, 1.54) is 37.5 Å². The third kappa shape index (κ3) is 3.58. The number of amides is 4.